The molecular weight excluding hydrogens is 408 g/mol. The molecule has 172 valence electrons. The summed E-state index contributed by atoms with van der Waals surface area (Å²) in [5, 5.41) is 3.02. The second-order valence-electron chi connectivity index (χ2n) is 8.13. The largest absolute Gasteiger partial charge is 0.476 e. The summed E-state index contributed by atoms with van der Waals surface area (Å²) in [5.74, 6) is 1.09. The molecule has 2 saturated heterocycles. The zero-order valence-corrected chi connectivity index (χ0v) is 18.7. The molecule has 0 bridgehead atoms. The summed E-state index contributed by atoms with van der Waals surface area (Å²) in [6, 6.07) is 11.7. The van der Waals surface area contributed by atoms with Crippen LogP contribution < -0.4 is 15.0 Å². The minimum Gasteiger partial charge on any atom is -0.476 e. The Bertz CT molecular complexity index is 895. The maximum Gasteiger partial charge on any atom is 0.251 e. The number of morpholine rings is 2. The SMILES string of the molecule is Cc1cccc(CNC(=O)c2cc(OCCN3CCOCC3)nc(N3CCOCC3)c2)c1. The number of benzene rings is 1. The normalized spacial score (nSPS) is 17.2. The number of nitrogens with one attached hydrogen (secondary N) is 1. The minimum atomic E-state index is -0.138. The molecule has 0 aliphatic carbocycles. The van der Waals surface area contributed by atoms with Crippen LogP contribution in [0.4, 0.5) is 5.82 Å². The zero-order chi connectivity index (χ0) is 22.2. The highest BCUT2D eigenvalue weighted by Gasteiger charge is 2.18. The minimum absolute atomic E-state index is 0.138. The lowest BCUT2D eigenvalue weighted by Crippen LogP contribution is -2.39. The van der Waals surface area contributed by atoms with E-state index in [1.54, 1.807) is 6.07 Å². The van der Waals surface area contributed by atoms with E-state index in [0.29, 0.717) is 37.8 Å². The molecular formula is C24H32N4O4. The molecule has 0 atom stereocenters. The fraction of sp³-hybridized carbons (Fsp3) is 0.500. The molecule has 8 nitrogen and oxygen atoms in total. The van der Waals surface area contributed by atoms with E-state index < -0.39 is 0 Å². The lowest BCUT2D eigenvalue weighted by Gasteiger charge is -2.28. The van der Waals surface area contributed by atoms with Gasteiger partial charge in [-0.05, 0) is 18.6 Å². The summed E-state index contributed by atoms with van der Waals surface area (Å²) >= 11 is 0. The molecule has 0 radical (unpaired) electrons. The van der Waals surface area contributed by atoms with E-state index in [2.05, 4.69) is 26.2 Å². The van der Waals surface area contributed by atoms with Gasteiger partial charge in [-0.1, -0.05) is 29.8 Å². The third-order valence-electron chi connectivity index (χ3n) is 5.68. The Balaban J connectivity index is 1.43. The fourth-order valence-electron chi connectivity index (χ4n) is 3.86. The third kappa shape index (κ3) is 6.41. The van der Waals surface area contributed by atoms with Crippen LogP contribution in [0.15, 0.2) is 36.4 Å². The molecule has 3 heterocycles. The van der Waals surface area contributed by atoms with Gasteiger partial charge in [0, 0.05) is 50.9 Å². The number of pyridine rings is 1. The van der Waals surface area contributed by atoms with Crippen molar-refractivity contribution in [2.75, 3.05) is 70.7 Å². The monoisotopic (exact) mass is 440 g/mol. The van der Waals surface area contributed by atoms with Crippen molar-refractivity contribution in [2.45, 2.75) is 13.5 Å². The fourth-order valence-corrected chi connectivity index (χ4v) is 3.86. The Morgan fingerprint density at radius 2 is 1.81 bits per heavy atom. The number of anilines is 1. The van der Waals surface area contributed by atoms with Gasteiger partial charge in [0.15, 0.2) is 0 Å². The maximum atomic E-state index is 13.0. The first kappa shape index (κ1) is 22.5. The van der Waals surface area contributed by atoms with Crippen molar-refractivity contribution < 1.29 is 19.0 Å². The highest BCUT2D eigenvalue weighted by atomic mass is 16.5. The van der Waals surface area contributed by atoms with Crippen LogP contribution in [0.5, 0.6) is 5.88 Å². The van der Waals surface area contributed by atoms with Crippen LogP contribution >= 0.6 is 0 Å². The van der Waals surface area contributed by atoms with Gasteiger partial charge in [0.25, 0.3) is 5.91 Å². The van der Waals surface area contributed by atoms with Gasteiger partial charge < -0.3 is 24.4 Å². The van der Waals surface area contributed by atoms with Crippen LogP contribution in [0.1, 0.15) is 21.5 Å². The molecule has 0 saturated carbocycles. The average Bonchev–Trinajstić information content (AvgIpc) is 2.84. The highest BCUT2D eigenvalue weighted by molar-refractivity contribution is 5.95. The Kier molecular flexibility index (Phi) is 7.92. The molecule has 1 N–H and O–H groups in total. The first-order chi connectivity index (χ1) is 15.7. The molecule has 1 aromatic carbocycles. The van der Waals surface area contributed by atoms with Crippen molar-refractivity contribution in [3.05, 3.63) is 53.1 Å². The number of hydrogen-bond donors (Lipinski definition) is 1. The van der Waals surface area contributed by atoms with Gasteiger partial charge in [-0.2, -0.15) is 4.98 Å². The number of aromatic nitrogens is 1. The van der Waals surface area contributed by atoms with Gasteiger partial charge >= 0.3 is 0 Å². The summed E-state index contributed by atoms with van der Waals surface area (Å²) in [7, 11) is 0. The van der Waals surface area contributed by atoms with E-state index >= 15 is 0 Å². The van der Waals surface area contributed by atoms with Gasteiger partial charge in [0.05, 0.1) is 26.4 Å². The molecule has 0 spiro atoms. The summed E-state index contributed by atoms with van der Waals surface area (Å²) in [4.78, 5) is 22.1. The molecule has 2 aliphatic rings. The van der Waals surface area contributed by atoms with E-state index in [1.807, 2.05) is 31.2 Å². The van der Waals surface area contributed by atoms with Crippen molar-refractivity contribution in [1.29, 1.82) is 0 Å². The number of amides is 1. The van der Waals surface area contributed by atoms with E-state index in [9.17, 15) is 4.79 Å². The number of hydrogen-bond acceptors (Lipinski definition) is 7. The summed E-state index contributed by atoms with van der Waals surface area (Å²) in [6.07, 6.45) is 0. The number of ether oxygens (including phenoxy) is 3. The summed E-state index contributed by atoms with van der Waals surface area (Å²) in [6.45, 7) is 9.99. The molecule has 1 amide bonds. The second-order valence-corrected chi connectivity index (χ2v) is 8.13. The lowest BCUT2D eigenvalue weighted by molar-refractivity contribution is 0.0320. The molecule has 2 aromatic rings. The van der Waals surface area contributed by atoms with Gasteiger partial charge in [-0.3, -0.25) is 9.69 Å². The highest BCUT2D eigenvalue weighted by Crippen LogP contribution is 2.21. The van der Waals surface area contributed by atoms with Gasteiger partial charge in [-0.25, -0.2) is 0 Å². The lowest BCUT2D eigenvalue weighted by atomic mass is 10.1. The van der Waals surface area contributed by atoms with Gasteiger partial charge in [0.1, 0.15) is 12.4 Å². The van der Waals surface area contributed by atoms with Crippen molar-refractivity contribution in [1.82, 2.24) is 15.2 Å². The van der Waals surface area contributed by atoms with Gasteiger partial charge in [0.2, 0.25) is 5.88 Å². The van der Waals surface area contributed by atoms with Crippen LogP contribution in [-0.4, -0.2) is 81.5 Å². The van der Waals surface area contributed by atoms with Crippen LogP contribution in [0.25, 0.3) is 0 Å². The standard InChI is InChI=1S/C24H32N4O4/c1-19-3-2-4-20(15-19)18-25-24(29)21-16-22(28-8-12-31-13-9-28)26-23(17-21)32-14-7-27-5-10-30-11-6-27/h2-4,15-17H,5-14,18H2,1H3,(H,25,29). The Morgan fingerprint density at radius 3 is 2.56 bits per heavy atom. The van der Waals surface area contributed by atoms with Crippen LogP contribution in [0, 0.1) is 6.92 Å². The molecule has 0 unspecified atom stereocenters. The molecule has 1 aromatic heterocycles. The number of rotatable bonds is 8. The number of nitrogens with zero attached hydrogens (tertiary/aromatic N) is 3. The van der Waals surface area contributed by atoms with Crippen molar-refractivity contribution >= 4 is 11.7 Å². The number of carbonyl (C=O) groups excluding carboxylic acids is 1. The Morgan fingerprint density at radius 1 is 1.06 bits per heavy atom. The van der Waals surface area contributed by atoms with E-state index in [1.165, 1.54) is 5.56 Å². The smallest absolute Gasteiger partial charge is 0.251 e. The van der Waals surface area contributed by atoms with Gasteiger partial charge in [-0.15, -0.1) is 0 Å². The van der Waals surface area contributed by atoms with E-state index in [4.69, 9.17) is 14.2 Å². The topological polar surface area (TPSA) is 76.2 Å². The summed E-state index contributed by atoms with van der Waals surface area (Å²) in [5.41, 5.74) is 2.80. The van der Waals surface area contributed by atoms with Crippen molar-refractivity contribution in [3.63, 3.8) is 0 Å². The predicted molar refractivity (Wildman–Crippen MR) is 122 cm³/mol. The van der Waals surface area contributed by atoms with E-state index in [-0.39, 0.29) is 5.91 Å². The van der Waals surface area contributed by atoms with Crippen LogP contribution in [0.2, 0.25) is 0 Å². The number of carbonyl (C=O) groups is 1. The Hall–Kier alpha value is -2.68. The van der Waals surface area contributed by atoms with E-state index in [0.717, 1.165) is 57.3 Å². The zero-order valence-electron chi connectivity index (χ0n) is 18.7. The van der Waals surface area contributed by atoms with Crippen molar-refractivity contribution in [2.24, 2.45) is 0 Å². The molecule has 8 heteroatoms. The molecule has 2 fully saturated rings. The predicted octanol–water partition coefficient (Wildman–Crippen LogP) is 1.87. The third-order valence-corrected chi connectivity index (χ3v) is 5.68. The Labute approximate surface area is 189 Å². The number of aryl methyl sites for hydroxylation is 1. The van der Waals surface area contributed by atoms with Crippen LogP contribution in [-0.2, 0) is 16.0 Å². The molecule has 32 heavy (non-hydrogen) atoms. The molecule has 4 rings (SSSR count). The van der Waals surface area contributed by atoms with Crippen LogP contribution in [0.3, 0.4) is 0 Å². The summed E-state index contributed by atoms with van der Waals surface area (Å²) < 4.78 is 16.8. The molecule has 2 aliphatic heterocycles. The maximum absolute atomic E-state index is 13.0. The average molecular weight is 441 g/mol. The quantitative estimate of drug-likeness (QED) is 0.672. The second kappa shape index (κ2) is 11.3. The first-order valence-corrected chi connectivity index (χ1v) is 11.3. The first-order valence-electron chi connectivity index (χ1n) is 11.3. The van der Waals surface area contributed by atoms with Crippen molar-refractivity contribution in [3.8, 4) is 5.88 Å².